The molecular weight excluding hydrogens is 922 g/mol. The molecule has 2 saturated carbocycles. The van der Waals surface area contributed by atoms with Gasteiger partial charge >= 0.3 is 59.4 Å². The summed E-state index contributed by atoms with van der Waals surface area (Å²) >= 11 is 0. The second-order valence-corrected chi connectivity index (χ2v) is 18.7. The Balaban J connectivity index is 0.00000804. The molecule has 0 radical (unpaired) electrons. The first-order valence-corrected chi connectivity index (χ1v) is 22.5. The van der Waals surface area contributed by atoms with Crippen LogP contribution < -0.4 is 40.0 Å². The Kier molecular flexibility index (Phi) is 16.0. The predicted octanol–water partition coefficient (Wildman–Crippen LogP) is -0.179. The van der Waals surface area contributed by atoms with Gasteiger partial charge in [0.15, 0.2) is 17.5 Å². The maximum atomic E-state index is 15.7. The van der Waals surface area contributed by atoms with Gasteiger partial charge in [-0.25, -0.2) is 9.59 Å². The van der Waals surface area contributed by atoms with Crippen molar-refractivity contribution in [2.24, 2.45) is 16.7 Å². The monoisotopic (exact) mass is 975 g/mol. The molecule has 4 aliphatic rings. The molecule has 1 heterocycles. The summed E-state index contributed by atoms with van der Waals surface area (Å²) in [5.74, 6) is -10.1. The number of hydrogen-bond donors (Lipinski definition) is 3. The van der Waals surface area contributed by atoms with E-state index in [9.17, 15) is 44.1 Å². The van der Waals surface area contributed by atoms with Crippen LogP contribution in [0.5, 0.6) is 0 Å². The van der Waals surface area contributed by atoms with Crippen LogP contribution in [-0.4, -0.2) is 112 Å². The van der Waals surface area contributed by atoms with E-state index in [1.807, 2.05) is 0 Å². The quantitative estimate of drug-likeness (QED) is 0.0819. The fourth-order valence-electron chi connectivity index (χ4n) is 10.7. The van der Waals surface area contributed by atoms with Crippen molar-refractivity contribution in [1.82, 2.24) is 5.32 Å². The Hall–Kier alpha value is -5.76. The van der Waals surface area contributed by atoms with E-state index in [1.165, 1.54) is 64.1 Å². The van der Waals surface area contributed by atoms with Crippen molar-refractivity contribution in [3.63, 3.8) is 0 Å². The molecular formula is C51H54NNaO17. The number of carboxylic acid groups (broad SMARTS) is 1. The summed E-state index contributed by atoms with van der Waals surface area (Å²) in [6, 6.07) is 22.0. The van der Waals surface area contributed by atoms with E-state index < -0.39 is 137 Å². The van der Waals surface area contributed by atoms with Gasteiger partial charge in [-0.3, -0.25) is 24.0 Å². The largest absolute Gasteiger partial charge is 1.00 e. The average molecular weight is 976 g/mol. The van der Waals surface area contributed by atoms with Crippen molar-refractivity contribution in [1.29, 1.82) is 0 Å². The number of benzene rings is 3. The summed E-state index contributed by atoms with van der Waals surface area (Å²) < 4.78 is 36.2. The third-order valence-corrected chi connectivity index (χ3v) is 14.2. The number of esters is 5. The summed E-state index contributed by atoms with van der Waals surface area (Å²) in [5, 5.41) is 40.2. The van der Waals surface area contributed by atoms with Gasteiger partial charge in [-0.1, -0.05) is 80.6 Å². The standard InChI is InChI=1S/C51H55NO17.Na/c1-27-33(66-47(62)41(67-37(58)23-22-36(56)57)39(30-16-10-7-11-17-30)52-45(60)31-18-12-8-13-19-31)25-51(63)44(68-46(61)32-20-14-9-15-21-32)42-49(6,34(55)24-35-50(42,26-64-35)69-29(3)54)43(59)40(65-28(2)53)38(27)48(51,4)5;/h7-21,33-35,39-42,44,55,63H,22-26H2,1-6H3,(H,52,60)(H,56,57);/q;+1/p-1/t33?,34-,35+,39?,40?,41?,42-,44-,49+,50-,51+;/m0./s1. The molecule has 0 aromatic heterocycles. The SMILES string of the molecule is CC(=O)OC1C(=O)[C@@]2(C)[C@H]([C@H](OC(=O)c3ccccc3)[C@]3(O)CC(OC(=O)C(OC(=O)CCC(=O)[O-])C(NC(=O)c4ccccc4)c4ccccc4)C(C)=C1C3(C)C)[C@]1(OC(C)=O)CO[C@@H]1C[C@@H]2O.[Na+]. The smallest absolute Gasteiger partial charge is 0.550 e. The van der Waals surface area contributed by atoms with Crippen LogP contribution in [0.15, 0.2) is 102 Å². The molecule has 3 aromatic carbocycles. The molecule has 7 rings (SSSR count). The Morgan fingerprint density at radius 3 is 1.96 bits per heavy atom. The Labute approximate surface area is 425 Å². The molecule has 2 bridgehead atoms. The van der Waals surface area contributed by atoms with Crippen LogP contribution in [0.3, 0.4) is 0 Å². The number of fused-ring (bicyclic) bond motifs is 5. The van der Waals surface area contributed by atoms with Crippen LogP contribution >= 0.6 is 0 Å². The topological polar surface area (TPSA) is 267 Å². The average Bonchev–Trinajstić information content (AvgIpc) is 3.30. The maximum absolute atomic E-state index is 15.7. The minimum absolute atomic E-state index is 0. The molecule has 1 amide bonds. The number of aliphatic carboxylic acids is 1. The van der Waals surface area contributed by atoms with E-state index in [0.717, 1.165) is 13.8 Å². The molecule has 0 spiro atoms. The van der Waals surface area contributed by atoms with E-state index >= 15 is 9.59 Å². The van der Waals surface area contributed by atoms with E-state index in [1.54, 1.807) is 54.6 Å². The normalized spacial score (nSPS) is 29.2. The number of Topliss-reactive ketones (excluding diaryl/α,β-unsaturated/α-hetero) is 1. The van der Waals surface area contributed by atoms with Crippen LogP contribution in [0.1, 0.15) is 99.5 Å². The van der Waals surface area contributed by atoms with Crippen LogP contribution in [0.4, 0.5) is 0 Å². The van der Waals surface area contributed by atoms with Crippen LogP contribution in [-0.2, 0) is 57.2 Å². The van der Waals surface area contributed by atoms with Crippen molar-refractivity contribution >= 4 is 47.5 Å². The molecule has 4 unspecified atom stereocenters. The summed E-state index contributed by atoms with van der Waals surface area (Å²) in [5.41, 5.74) is -7.83. The second kappa shape index (κ2) is 20.9. The Bertz CT molecular complexity index is 2550. The second-order valence-electron chi connectivity index (χ2n) is 18.7. The van der Waals surface area contributed by atoms with Gasteiger partial charge in [0, 0.05) is 43.6 Å². The summed E-state index contributed by atoms with van der Waals surface area (Å²) in [7, 11) is 0. The summed E-state index contributed by atoms with van der Waals surface area (Å²) in [6.07, 6.45) is -12.7. The number of carbonyl (C=O) groups excluding carboxylic acids is 8. The van der Waals surface area contributed by atoms with E-state index in [4.69, 9.17) is 28.4 Å². The van der Waals surface area contributed by atoms with Gasteiger partial charge in [0.1, 0.15) is 30.0 Å². The number of nitrogens with one attached hydrogen (secondary N) is 1. The number of hydrogen-bond acceptors (Lipinski definition) is 17. The number of aliphatic hydroxyl groups excluding tert-OH is 1. The van der Waals surface area contributed by atoms with E-state index in [2.05, 4.69) is 5.32 Å². The fourth-order valence-corrected chi connectivity index (χ4v) is 10.7. The van der Waals surface area contributed by atoms with Gasteiger partial charge in [-0.15, -0.1) is 0 Å². The van der Waals surface area contributed by atoms with Crippen molar-refractivity contribution in [2.75, 3.05) is 6.61 Å². The molecule has 3 aromatic rings. The molecule has 366 valence electrons. The van der Waals surface area contributed by atoms with Crippen LogP contribution in [0.25, 0.3) is 0 Å². The maximum Gasteiger partial charge on any atom is 1.00 e. The number of amides is 1. The molecule has 1 saturated heterocycles. The third-order valence-electron chi connectivity index (χ3n) is 14.2. The van der Waals surface area contributed by atoms with E-state index in [0.29, 0.717) is 0 Å². The Morgan fingerprint density at radius 1 is 0.829 bits per heavy atom. The van der Waals surface area contributed by atoms with Gasteiger partial charge < -0.3 is 53.9 Å². The van der Waals surface area contributed by atoms with Crippen molar-refractivity contribution in [3.8, 4) is 0 Å². The minimum atomic E-state index is -2.51. The zero-order valence-electron chi connectivity index (χ0n) is 39.8. The molecule has 3 fully saturated rings. The first kappa shape index (κ1) is 53.6. The van der Waals surface area contributed by atoms with Gasteiger partial charge in [-0.2, -0.15) is 0 Å². The van der Waals surface area contributed by atoms with E-state index in [-0.39, 0.29) is 70.4 Å². The first-order valence-electron chi connectivity index (χ1n) is 22.5. The molecule has 70 heavy (non-hydrogen) atoms. The molecule has 18 nitrogen and oxygen atoms in total. The zero-order chi connectivity index (χ0) is 50.2. The van der Waals surface area contributed by atoms with Gasteiger partial charge in [0.2, 0.25) is 6.10 Å². The number of carboxylic acids is 1. The number of carbonyl (C=O) groups is 8. The van der Waals surface area contributed by atoms with Gasteiger partial charge in [-0.05, 0) is 61.2 Å². The number of ketones is 1. The zero-order valence-corrected chi connectivity index (χ0v) is 41.8. The van der Waals surface area contributed by atoms with Crippen molar-refractivity contribution in [2.45, 2.75) is 121 Å². The van der Waals surface area contributed by atoms with Gasteiger partial charge in [0.25, 0.3) is 5.91 Å². The minimum Gasteiger partial charge on any atom is -0.550 e. The number of ether oxygens (including phenoxy) is 6. The summed E-state index contributed by atoms with van der Waals surface area (Å²) in [6.45, 7) is 7.65. The Morgan fingerprint density at radius 2 is 1.41 bits per heavy atom. The van der Waals surface area contributed by atoms with Gasteiger partial charge in [0.05, 0.1) is 36.0 Å². The molecule has 3 N–H and O–H groups in total. The number of rotatable bonds is 14. The number of aliphatic hydroxyl groups is 2. The van der Waals surface area contributed by atoms with Crippen LogP contribution in [0, 0.1) is 16.7 Å². The molecule has 1 aliphatic heterocycles. The molecule has 11 atom stereocenters. The fraction of sp³-hybridized carbons (Fsp3) is 0.451. The molecule has 19 heteroatoms. The third kappa shape index (κ3) is 9.81. The first-order chi connectivity index (χ1) is 32.6. The van der Waals surface area contributed by atoms with Crippen molar-refractivity contribution < 1.29 is 112 Å². The predicted molar refractivity (Wildman–Crippen MR) is 236 cm³/mol. The molecule has 3 aliphatic carbocycles. The summed E-state index contributed by atoms with van der Waals surface area (Å²) in [4.78, 5) is 110. The van der Waals surface area contributed by atoms with Crippen LogP contribution in [0.2, 0.25) is 0 Å². The van der Waals surface area contributed by atoms with Crippen molar-refractivity contribution in [3.05, 3.63) is 119 Å².